The largest absolute Gasteiger partial charge is 0.335 e. The van der Waals surface area contributed by atoms with E-state index in [0.717, 1.165) is 36.6 Å². The number of aryl methyl sites for hydroxylation is 1. The second-order valence-electron chi connectivity index (χ2n) is 9.01. The lowest BCUT2D eigenvalue weighted by Crippen LogP contribution is -2.49. The molecule has 1 saturated heterocycles. The SMILES string of the molecule is CS(=O)(=O)NC1CCN2C(=O)C(F)CCCCCc3ccccc3-c3cccc(c3)CC12. The molecule has 0 radical (unpaired) electrons. The van der Waals surface area contributed by atoms with Gasteiger partial charge in [-0.15, -0.1) is 0 Å². The van der Waals surface area contributed by atoms with Crippen LogP contribution in [0.2, 0.25) is 0 Å². The van der Waals surface area contributed by atoms with Gasteiger partial charge in [-0.25, -0.2) is 17.5 Å². The first-order valence-corrected chi connectivity index (χ1v) is 13.3. The number of alkyl halides is 1. The van der Waals surface area contributed by atoms with E-state index >= 15 is 0 Å². The van der Waals surface area contributed by atoms with Crippen molar-refractivity contribution in [3.8, 4) is 11.1 Å². The summed E-state index contributed by atoms with van der Waals surface area (Å²) in [5.74, 6) is -0.512. The zero-order valence-electron chi connectivity index (χ0n) is 18.5. The Morgan fingerprint density at radius 1 is 1.03 bits per heavy atom. The summed E-state index contributed by atoms with van der Waals surface area (Å²) in [5, 5.41) is 0. The molecule has 5 nitrogen and oxygen atoms in total. The highest BCUT2D eigenvalue weighted by molar-refractivity contribution is 7.88. The van der Waals surface area contributed by atoms with E-state index < -0.39 is 34.2 Å². The standard InChI is InChI=1S/C25H31FN2O3S/c1-32(30,31)27-23-14-15-28-24(23)17-18-8-7-11-20(16-18)21-12-6-5-10-19(21)9-3-2-4-13-22(26)25(28)29/h5-8,10-12,16,22-24,27H,2-4,9,13-15,17H2,1H3. The molecule has 2 aliphatic heterocycles. The number of carbonyl (C=O) groups is 1. The molecule has 1 fully saturated rings. The first-order chi connectivity index (χ1) is 15.3. The summed E-state index contributed by atoms with van der Waals surface area (Å²) in [4.78, 5) is 14.5. The molecule has 0 saturated carbocycles. The molecule has 7 heteroatoms. The van der Waals surface area contributed by atoms with Gasteiger partial charge in [-0.1, -0.05) is 55.0 Å². The molecular formula is C25H31FN2O3S. The van der Waals surface area contributed by atoms with Crippen LogP contribution in [0.1, 0.15) is 43.2 Å². The molecule has 3 atom stereocenters. The first kappa shape index (κ1) is 22.9. The Hall–Kier alpha value is -2.25. The van der Waals surface area contributed by atoms with Crippen LogP contribution in [0, 0.1) is 0 Å². The van der Waals surface area contributed by atoms with E-state index in [4.69, 9.17) is 0 Å². The molecule has 4 rings (SSSR count). The van der Waals surface area contributed by atoms with E-state index in [0.29, 0.717) is 25.8 Å². The molecule has 1 amide bonds. The molecule has 2 aliphatic rings. The number of hydrogen-bond donors (Lipinski definition) is 1. The zero-order chi connectivity index (χ0) is 22.7. The maximum Gasteiger partial charge on any atom is 0.257 e. The fraction of sp³-hybridized carbons (Fsp3) is 0.480. The van der Waals surface area contributed by atoms with Gasteiger partial charge in [-0.05, 0) is 60.8 Å². The number of nitrogens with zero attached hydrogens (tertiary/aromatic N) is 1. The average Bonchev–Trinajstić information content (AvgIpc) is 3.13. The highest BCUT2D eigenvalue weighted by atomic mass is 32.2. The van der Waals surface area contributed by atoms with E-state index in [-0.39, 0.29) is 6.42 Å². The number of sulfonamides is 1. The lowest BCUT2D eigenvalue weighted by atomic mass is 9.93. The van der Waals surface area contributed by atoms with Crippen molar-refractivity contribution in [2.75, 3.05) is 12.8 Å². The van der Waals surface area contributed by atoms with Crippen molar-refractivity contribution in [3.63, 3.8) is 0 Å². The van der Waals surface area contributed by atoms with Gasteiger partial charge in [0.05, 0.1) is 12.3 Å². The molecular weight excluding hydrogens is 427 g/mol. The summed E-state index contributed by atoms with van der Waals surface area (Å²) in [6, 6.07) is 15.7. The Bertz CT molecular complexity index is 1070. The Labute approximate surface area is 190 Å². The molecule has 2 heterocycles. The zero-order valence-corrected chi connectivity index (χ0v) is 19.3. The van der Waals surface area contributed by atoms with E-state index in [9.17, 15) is 17.6 Å². The van der Waals surface area contributed by atoms with Crippen LogP contribution in [0.25, 0.3) is 11.1 Å². The van der Waals surface area contributed by atoms with Gasteiger partial charge >= 0.3 is 0 Å². The minimum atomic E-state index is -3.45. The minimum absolute atomic E-state index is 0.210. The van der Waals surface area contributed by atoms with Crippen molar-refractivity contribution in [1.82, 2.24) is 9.62 Å². The molecule has 1 N–H and O–H groups in total. The Kier molecular flexibility index (Phi) is 6.96. The van der Waals surface area contributed by atoms with Crippen LogP contribution >= 0.6 is 0 Å². The first-order valence-electron chi connectivity index (χ1n) is 11.4. The molecule has 0 aliphatic carbocycles. The van der Waals surface area contributed by atoms with Crippen molar-refractivity contribution in [2.45, 2.75) is 63.2 Å². The number of amides is 1. The third kappa shape index (κ3) is 5.38. The fourth-order valence-electron chi connectivity index (χ4n) is 5.04. The number of halogens is 1. The highest BCUT2D eigenvalue weighted by Crippen LogP contribution is 2.30. The van der Waals surface area contributed by atoms with Crippen molar-refractivity contribution in [2.24, 2.45) is 0 Å². The van der Waals surface area contributed by atoms with E-state index in [1.165, 1.54) is 11.1 Å². The second kappa shape index (κ2) is 9.71. The van der Waals surface area contributed by atoms with Gasteiger partial charge in [0.25, 0.3) is 5.91 Å². The minimum Gasteiger partial charge on any atom is -0.335 e. The smallest absolute Gasteiger partial charge is 0.257 e. The van der Waals surface area contributed by atoms with Gasteiger partial charge in [0, 0.05) is 12.6 Å². The number of benzene rings is 2. The average molecular weight is 459 g/mol. The van der Waals surface area contributed by atoms with Crippen LogP contribution in [0.5, 0.6) is 0 Å². The molecule has 2 aromatic carbocycles. The van der Waals surface area contributed by atoms with Gasteiger partial charge in [-0.3, -0.25) is 4.79 Å². The predicted molar refractivity (Wildman–Crippen MR) is 125 cm³/mol. The quantitative estimate of drug-likeness (QED) is 0.743. The van der Waals surface area contributed by atoms with Crippen LogP contribution in [-0.4, -0.2) is 50.3 Å². The summed E-state index contributed by atoms with van der Waals surface area (Å²) in [5.41, 5.74) is 4.58. The highest BCUT2D eigenvalue weighted by Gasteiger charge is 2.40. The van der Waals surface area contributed by atoms with Crippen molar-refractivity contribution < 1.29 is 17.6 Å². The summed E-state index contributed by atoms with van der Waals surface area (Å²) in [6.07, 6.45) is 4.14. The van der Waals surface area contributed by atoms with Gasteiger partial charge in [-0.2, -0.15) is 0 Å². The normalized spacial score (nSPS) is 24.9. The van der Waals surface area contributed by atoms with Crippen molar-refractivity contribution >= 4 is 15.9 Å². The van der Waals surface area contributed by atoms with Gasteiger partial charge < -0.3 is 4.90 Å². The Balaban J connectivity index is 1.71. The lowest BCUT2D eigenvalue weighted by Gasteiger charge is -2.29. The maximum atomic E-state index is 14.9. The van der Waals surface area contributed by atoms with Gasteiger partial charge in [0.15, 0.2) is 6.17 Å². The summed E-state index contributed by atoms with van der Waals surface area (Å²) in [7, 11) is -3.45. The number of carbonyl (C=O) groups excluding carboxylic acids is 1. The van der Waals surface area contributed by atoms with Crippen molar-refractivity contribution in [3.05, 3.63) is 59.7 Å². The predicted octanol–water partition coefficient (Wildman–Crippen LogP) is 3.87. The summed E-state index contributed by atoms with van der Waals surface area (Å²) >= 11 is 0. The van der Waals surface area contributed by atoms with Crippen LogP contribution < -0.4 is 4.72 Å². The molecule has 32 heavy (non-hydrogen) atoms. The summed E-state index contributed by atoms with van der Waals surface area (Å²) < 4.78 is 41.4. The number of rotatable bonds is 2. The molecule has 0 aromatic heterocycles. The Morgan fingerprint density at radius 2 is 1.84 bits per heavy atom. The number of nitrogens with one attached hydrogen (secondary N) is 1. The monoisotopic (exact) mass is 458 g/mol. The molecule has 2 bridgehead atoms. The van der Waals surface area contributed by atoms with Crippen LogP contribution in [0.15, 0.2) is 48.5 Å². The van der Waals surface area contributed by atoms with Gasteiger partial charge in [0.2, 0.25) is 10.0 Å². The summed E-state index contributed by atoms with van der Waals surface area (Å²) in [6.45, 7) is 0.361. The molecule has 172 valence electrons. The van der Waals surface area contributed by atoms with Gasteiger partial charge in [0.1, 0.15) is 0 Å². The third-order valence-electron chi connectivity index (χ3n) is 6.57. The molecule has 0 spiro atoms. The number of hydrogen-bond acceptors (Lipinski definition) is 3. The van der Waals surface area contributed by atoms with E-state index in [1.54, 1.807) is 4.90 Å². The van der Waals surface area contributed by atoms with Crippen molar-refractivity contribution in [1.29, 1.82) is 0 Å². The van der Waals surface area contributed by atoms with Crippen LogP contribution in [-0.2, 0) is 27.7 Å². The van der Waals surface area contributed by atoms with Crippen LogP contribution in [0.4, 0.5) is 4.39 Å². The second-order valence-corrected chi connectivity index (χ2v) is 10.8. The fourth-order valence-corrected chi connectivity index (χ4v) is 5.86. The lowest BCUT2D eigenvalue weighted by molar-refractivity contribution is -0.137. The maximum absolute atomic E-state index is 14.9. The topological polar surface area (TPSA) is 66.5 Å². The van der Waals surface area contributed by atoms with E-state index in [2.05, 4.69) is 29.0 Å². The van der Waals surface area contributed by atoms with E-state index in [1.807, 2.05) is 24.3 Å². The molecule has 2 aromatic rings. The van der Waals surface area contributed by atoms with Crippen LogP contribution in [0.3, 0.4) is 0 Å². The number of fused-ring (bicyclic) bond motifs is 5. The Morgan fingerprint density at radius 3 is 2.66 bits per heavy atom. The molecule has 3 unspecified atom stereocenters. The third-order valence-corrected chi connectivity index (χ3v) is 7.30.